The van der Waals surface area contributed by atoms with Crippen LogP contribution in [0.25, 0.3) is 0 Å². The van der Waals surface area contributed by atoms with Crippen molar-refractivity contribution in [3.63, 3.8) is 0 Å². The van der Waals surface area contributed by atoms with Crippen LogP contribution in [0.5, 0.6) is 0 Å². The number of benzene rings is 1. The van der Waals surface area contributed by atoms with Gasteiger partial charge in [-0.05, 0) is 44.2 Å². The van der Waals surface area contributed by atoms with Gasteiger partial charge in [0.25, 0.3) is 0 Å². The first-order valence-corrected chi connectivity index (χ1v) is 8.21. The Bertz CT molecular complexity index is 458. The smallest absolute Gasteiger partial charge is 0.222 e. The van der Waals surface area contributed by atoms with E-state index in [1.54, 1.807) is 0 Å². The molecule has 1 aliphatic heterocycles. The summed E-state index contributed by atoms with van der Waals surface area (Å²) in [5.41, 5.74) is 1.04. The van der Waals surface area contributed by atoms with E-state index in [0.717, 1.165) is 43.1 Å². The highest BCUT2D eigenvalue weighted by atomic mass is 35.5. The average molecular weight is 310 g/mol. The molecule has 116 valence electrons. The molecule has 0 radical (unpaired) electrons. The molecule has 0 aliphatic carbocycles. The van der Waals surface area contributed by atoms with Crippen molar-refractivity contribution in [2.24, 2.45) is 0 Å². The first-order valence-electron chi connectivity index (χ1n) is 7.83. The maximum atomic E-state index is 12.4. The molecule has 1 saturated heterocycles. The molecule has 3 nitrogen and oxygen atoms in total. The molecule has 1 amide bonds. The Labute approximate surface area is 132 Å². The summed E-state index contributed by atoms with van der Waals surface area (Å²) in [7, 11) is 0. The number of carbonyl (C=O) groups excluding carboxylic acids is 1. The molecule has 1 fully saturated rings. The third-order valence-electron chi connectivity index (χ3n) is 4.00. The minimum Gasteiger partial charge on any atom is -0.376 e. The fourth-order valence-corrected chi connectivity index (χ4v) is 2.94. The summed E-state index contributed by atoms with van der Waals surface area (Å²) in [5, 5.41) is 0.740. The number of likely N-dealkylation sites (N-methyl/N-ethyl adjacent to an activating group) is 1. The zero-order valence-electron chi connectivity index (χ0n) is 12.7. The molecule has 0 saturated carbocycles. The number of ether oxygens (including phenoxy) is 1. The topological polar surface area (TPSA) is 29.5 Å². The number of hydrogen-bond acceptors (Lipinski definition) is 2. The van der Waals surface area contributed by atoms with Crippen molar-refractivity contribution in [1.82, 2.24) is 4.90 Å². The molecular formula is C17H24ClNO2. The van der Waals surface area contributed by atoms with Crippen LogP contribution >= 0.6 is 11.6 Å². The van der Waals surface area contributed by atoms with E-state index in [0.29, 0.717) is 12.8 Å². The molecular weight excluding hydrogens is 286 g/mol. The Morgan fingerprint density at radius 2 is 2.19 bits per heavy atom. The van der Waals surface area contributed by atoms with Crippen LogP contribution in [0.3, 0.4) is 0 Å². The van der Waals surface area contributed by atoms with Crippen LogP contribution in [0.4, 0.5) is 0 Å². The Morgan fingerprint density at radius 3 is 2.86 bits per heavy atom. The number of halogens is 1. The predicted molar refractivity (Wildman–Crippen MR) is 85.6 cm³/mol. The van der Waals surface area contributed by atoms with E-state index in [9.17, 15) is 4.79 Å². The highest BCUT2D eigenvalue weighted by molar-refractivity contribution is 6.31. The summed E-state index contributed by atoms with van der Waals surface area (Å²) < 4.78 is 5.73. The summed E-state index contributed by atoms with van der Waals surface area (Å²) in [6.07, 6.45) is 4.82. The maximum Gasteiger partial charge on any atom is 0.222 e. The fourth-order valence-electron chi connectivity index (χ4n) is 2.71. The monoisotopic (exact) mass is 309 g/mol. The first kappa shape index (κ1) is 16.3. The summed E-state index contributed by atoms with van der Waals surface area (Å²) in [4.78, 5) is 14.3. The zero-order valence-corrected chi connectivity index (χ0v) is 13.4. The number of rotatable bonds is 6. The van der Waals surface area contributed by atoms with Gasteiger partial charge >= 0.3 is 0 Å². The van der Waals surface area contributed by atoms with Crippen molar-refractivity contribution in [3.05, 3.63) is 34.9 Å². The third kappa shape index (κ3) is 5.01. The lowest BCUT2D eigenvalue weighted by atomic mass is 10.1. The second kappa shape index (κ2) is 8.40. The number of carbonyl (C=O) groups is 1. The van der Waals surface area contributed by atoms with Gasteiger partial charge in [-0.25, -0.2) is 0 Å². The van der Waals surface area contributed by atoms with Crippen LogP contribution in [0.15, 0.2) is 24.3 Å². The van der Waals surface area contributed by atoms with Crippen LogP contribution in [0, 0.1) is 0 Å². The molecule has 0 unspecified atom stereocenters. The Morgan fingerprint density at radius 1 is 1.38 bits per heavy atom. The standard InChI is InChI=1S/C17H24ClNO2/c1-2-19(13-15-8-5-6-12-21-15)17(20)11-10-14-7-3-4-9-16(14)18/h3-4,7,9,15H,2,5-6,8,10-13H2,1H3/t15-/m1/s1. The first-order chi connectivity index (χ1) is 10.2. The van der Waals surface area contributed by atoms with Gasteiger partial charge < -0.3 is 9.64 Å². The number of aryl methyl sites for hydroxylation is 1. The van der Waals surface area contributed by atoms with Gasteiger partial charge in [0, 0.05) is 31.1 Å². The van der Waals surface area contributed by atoms with Gasteiger partial charge in [0.1, 0.15) is 0 Å². The molecule has 21 heavy (non-hydrogen) atoms. The van der Waals surface area contributed by atoms with Crippen molar-refractivity contribution in [2.75, 3.05) is 19.7 Å². The van der Waals surface area contributed by atoms with E-state index in [4.69, 9.17) is 16.3 Å². The molecule has 0 aromatic heterocycles. The van der Waals surface area contributed by atoms with Gasteiger partial charge in [-0.3, -0.25) is 4.79 Å². The van der Waals surface area contributed by atoms with E-state index in [2.05, 4.69) is 0 Å². The van der Waals surface area contributed by atoms with Gasteiger partial charge in [0.2, 0.25) is 5.91 Å². The van der Waals surface area contributed by atoms with E-state index < -0.39 is 0 Å². The van der Waals surface area contributed by atoms with Crippen LogP contribution in [-0.4, -0.2) is 36.6 Å². The molecule has 1 aromatic rings. The van der Waals surface area contributed by atoms with Crippen molar-refractivity contribution in [3.8, 4) is 0 Å². The van der Waals surface area contributed by atoms with E-state index in [1.165, 1.54) is 6.42 Å². The van der Waals surface area contributed by atoms with E-state index >= 15 is 0 Å². The van der Waals surface area contributed by atoms with Crippen molar-refractivity contribution in [1.29, 1.82) is 0 Å². The van der Waals surface area contributed by atoms with Crippen molar-refractivity contribution < 1.29 is 9.53 Å². The van der Waals surface area contributed by atoms with Crippen molar-refractivity contribution >= 4 is 17.5 Å². The van der Waals surface area contributed by atoms with E-state index in [-0.39, 0.29) is 12.0 Å². The molecule has 1 aliphatic rings. The third-order valence-corrected chi connectivity index (χ3v) is 4.37. The Hall–Kier alpha value is -1.06. The van der Waals surface area contributed by atoms with Crippen LogP contribution < -0.4 is 0 Å². The summed E-state index contributed by atoms with van der Waals surface area (Å²) in [6, 6.07) is 7.72. The quantitative estimate of drug-likeness (QED) is 0.802. The fraction of sp³-hybridized carbons (Fsp3) is 0.588. The van der Waals surface area contributed by atoms with Gasteiger partial charge in [-0.1, -0.05) is 29.8 Å². The average Bonchev–Trinajstić information content (AvgIpc) is 2.52. The van der Waals surface area contributed by atoms with Crippen LogP contribution in [0.1, 0.15) is 38.2 Å². The molecule has 4 heteroatoms. The molecule has 0 spiro atoms. The Kier molecular flexibility index (Phi) is 6.52. The molecule has 1 aromatic carbocycles. The number of amides is 1. The molecule has 1 heterocycles. The lowest BCUT2D eigenvalue weighted by Crippen LogP contribution is -2.39. The van der Waals surface area contributed by atoms with Crippen LogP contribution in [-0.2, 0) is 16.0 Å². The summed E-state index contributed by atoms with van der Waals surface area (Å²) in [5.74, 6) is 0.187. The summed E-state index contributed by atoms with van der Waals surface area (Å²) >= 11 is 6.13. The van der Waals surface area contributed by atoms with Gasteiger partial charge in [0.15, 0.2) is 0 Å². The number of nitrogens with zero attached hydrogens (tertiary/aromatic N) is 1. The molecule has 0 N–H and O–H groups in total. The lowest BCUT2D eigenvalue weighted by molar-refractivity contribution is -0.133. The zero-order chi connectivity index (χ0) is 15.1. The predicted octanol–water partition coefficient (Wildman–Crippen LogP) is 3.69. The minimum absolute atomic E-state index is 0.187. The molecule has 0 bridgehead atoms. The summed E-state index contributed by atoms with van der Waals surface area (Å²) in [6.45, 7) is 4.31. The highest BCUT2D eigenvalue weighted by Crippen LogP contribution is 2.18. The molecule has 1 atom stereocenters. The maximum absolute atomic E-state index is 12.4. The second-order valence-corrected chi connectivity index (χ2v) is 5.92. The van der Waals surface area contributed by atoms with Gasteiger partial charge in [0.05, 0.1) is 6.10 Å². The normalized spacial score (nSPS) is 18.5. The van der Waals surface area contributed by atoms with E-state index in [1.807, 2.05) is 36.1 Å². The highest BCUT2D eigenvalue weighted by Gasteiger charge is 2.20. The SMILES string of the molecule is CCN(C[C@H]1CCCCO1)C(=O)CCc1ccccc1Cl. The Balaban J connectivity index is 1.83. The number of hydrogen-bond donors (Lipinski definition) is 0. The largest absolute Gasteiger partial charge is 0.376 e. The van der Waals surface area contributed by atoms with Crippen molar-refractivity contribution in [2.45, 2.75) is 45.1 Å². The molecule has 2 rings (SSSR count). The van der Waals surface area contributed by atoms with Gasteiger partial charge in [-0.2, -0.15) is 0 Å². The second-order valence-electron chi connectivity index (χ2n) is 5.51. The van der Waals surface area contributed by atoms with Gasteiger partial charge in [-0.15, -0.1) is 0 Å². The lowest BCUT2D eigenvalue weighted by Gasteiger charge is -2.29. The minimum atomic E-state index is 0.187. The van der Waals surface area contributed by atoms with Crippen LogP contribution in [0.2, 0.25) is 5.02 Å².